The number of nitrogens with one attached hydrogen (secondary N) is 2. The first-order chi connectivity index (χ1) is 14.5. The molecule has 3 rings (SSSR count). The average molecular weight is 408 g/mol. The molecule has 2 aromatic carbocycles. The molecule has 1 unspecified atom stereocenters. The van der Waals surface area contributed by atoms with Crippen LogP contribution in [0.25, 0.3) is 0 Å². The van der Waals surface area contributed by atoms with E-state index in [2.05, 4.69) is 27.7 Å². The molecule has 0 aliphatic carbocycles. The SMILES string of the molecule is CC(C)CC(=O)NC(C(=O)Nc1ccc(N2CCCCCC2)cc1)c1ccccc1. The fraction of sp³-hybridized carbons (Fsp3) is 0.440. The second-order valence-corrected chi connectivity index (χ2v) is 8.45. The lowest BCUT2D eigenvalue weighted by Gasteiger charge is -2.23. The van der Waals surface area contributed by atoms with Crippen LogP contribution in [0.3, 0.4) is 0 Å². The molecule has 0 saturated carbocycles. The Bertz CT molecular complexity index is 810. The number of carbonyl (C=O) groups is 2. The van der Waals surface area contributed by atoms with E-state index in [4.69, 9.17) is 0 Å². The molecule has 0 radical (unpaired) electrons. The lowest BCUT2D eigenvalue weighted by Crippen LogP contribution is -2.37. The first kappa shape index (κ1) is 21.9. The van der Waals surface area contributed by atoms with Gasteiger partial charge in [0.05, 0.1) is 0 Å². The normalized spacial score (nSPS) is 15.4. The first-order valence-electron chi connectivity index (χ1n) is 11.0. The van der Waals surface area contributed by atoms with Crippen molar-refractivity contribution in [1.29, 1.82) is 0 Å². The molecule has 1 atom stereocenters. The Hall–Kier alpha value is -2.82. The number of hydrogen-bond acceptors (Lipinski definition) is 3. The minimum absolute atomic E-state index is 0.120. The van der Waals surface area contributed by atoms with E-state index in [9.17, 15) is 9.59 Å². The Morgan fingerprint density at radius 2 is 1.53 bits per heavy atom. The van der Waals surface area contributed by atoms with Crippen molar-refractivity contribution in [2.24, 2.45) is 5.92 Å². The van der Waals surface area contributed by atoms with Crippen LogP contribution in [0.1, 0.15) is 57.6 Å². The molecule has 1 heterocycles. The van der Waals surface area contributed by atoms with Crippen molar-refractivity contribution in [3.63, 3.8) is 0 Å². The van der Waals surface area contributed by atoms with Gasteiger partial charge >= 0.3 is 0 Å². The van der Waals surface area contributed by atoms with Gasteiger partial charge in [0, 0.05) is 30.9 Å². The van der Waals surface area contributed by atoms with Crippen molar-refractivity contribution >= 4 is 23.2 Å². The van der Waals surface area contributed by atoms with Gasteiger partial charge in [-0.2, -0.15) is 0 Å². The van der Waals surface area contributed by atoms with Crippen molar-refractivity contribution in [1.82, 2.24) is 5.32 Å². The maximum absolute atomic E-state index is 13.0. The molecule has 5 heteroatoms. The van der Waals surface area contributed by atoms with Crippen molar-refractivity contribution in [3.05, 3.63) is 60.2 Å². The second-order valence-electron chi connectivity index (χ2n) is 8.45. The Kier molecular flexibility index (Phi) is 7.89. The molecular formula is C25H33N3O2. The molecule has 1 aliphatic rings. The number of hydrogen-bond donors (Lipinski definition) is 2. The first-order valence-corrected chi connectivity index (χ1v) is 11.0. The summed E-state index contributed by atoms with van der Waals surface area (Å²) in [5.41, 5.74) is 2.70. The van der Waals surface area contributed by atoms with Crippen LogP contribution in [-0.2, 0) is 9.59 Å². The van der Waals surface area contributed by atoms with E-state index in [1.54, 1.807) is 0 Å². The monoisotopic (exact) mass is 407 g/mol. The quantitative estimate of drug-likeness (QED) is 0.686. The van der Waals surface area contributed by atoms with E-state index in [0.29, 0.717) is 6.42 Å². The summed E-state index contributed by atoms with van der Waals surface area (Å²) < 4.78 is 0. The van der Waals surface area contributed by atoms with Gasteiger partial charge in [0.1, 0.15) is 6.04 Å². The topological polar surface area (TPSA) is 61.4 Å². The molecule has 1 fully saturated rings. The van der Waals surface area contributed by atoms with Gasteiger partial charge in [-0.25, -0.2) is 0 Å². The number of benzene rings is 2. The largest absolute Gasteiger partial charge is 0.372 e. The number of carbonyl (C=O) groups excluding carboxylic acids is 2. The van der Waals surface area contributed by atoms with E-state index in [-0.39, 0.29) is 17.7 Å². The van der Waals surface area contributed by atoms with Gasteiger partial charge < -0.3 is 15.5 Å². The van der Waals surface area contributed by atoms with Crippen LogP contribution < -0.4 is 15.5 Å². The lowest BCUT2D eigenvalue weighted by atomic mass is 10.0. The average Bonchev–Trinajstić information content (AvgIpc) is 3.02. The van der Waals surface area contributed by atoms with Gasteiger partial charge in [-0.05, 0) is 48.6 Å². The van der Waals surface area contributed by atoms with E-state index < -0.39 is 6.04 Å². The summed E-state index contributed by atoms with van der Waals surface area (Å²) in [6, 6.07) is 16.7. The van der Waals surface area contributed by atoms with Crippen LogP contribution in [0.5, 0.6) is 0 Å². The van der Waals surface area contributed by atoms with E-state index in [1.165, 1.54) is 31.4 Å². The summed E-state index contributed by atoms with van der Waals surface area (Å²) in [6.07, 6.45) is 5.45. The zero-order valence-electron chi connectivity index (χ0n) is 18.1. The third-order valence-corrected chi connectivity index (χ3v) is 5.40. The highest BCUT2D eigenvalue weighted by Crippen LogP contribution is 2.23. The number of anilines is 2. The van der Waals surface area contributed by atoms with Crippen molar-refractivity contribution < 1.29 is 9.59 Å². The minimum atomic E-state index is -0.720. The fourth-order valence-corrected chi connectivity index (χ4v) is 3.84. The smallest absolute Gasteiger partial charge is 0.251 e. The number of amides is 2. The highest BCUT2D eigenvalue weighted by atomic mass is 16.2. The summed E-state index contributed by atoms with van der Waals surface area (Å²) in [4.78, 5) is 27.8. The molecule has 0 bridgehead atoms. The summed E-state index contributed by atoms with van der Waals surface area (Å²) in [6.45, 7) is 6.15. The molecule has 2 aromatic rings. The van der Waals surface area contributed by atoms with Gasteiger partial charge in [0.15, 0.2) is 0 Å². The van der Waals surface area contributed by atoms with Crippen molar-refractivity contribution in [2.45, 2.75) is 52.0 Å². The molecule has 0 aromatic heterocycles. The third-order valence-electron chi connectivity index (χ3n) is 5.40. The summed E-state index contributed by atoms with van der Waals surface area (Å²) in [5, 5.41) is 5.86. The van der Waals surface area contributed by atoms with Crippen LogP contribution in [-0.4, -0.2) is 24.9 Å². The molecule has 1 aliphatic heterocycles. The van der Waals surface area contributed by atoms with Gasteiger partial charge in [0.25, 0.3) is 5.91 Å². The maximum atomic E-state index is 13.0. The predicted molar refractivity (Wildman–Crippen MR) is 123 cm³/mol. The molecule has 2 N–H and O–H groups in total. The molecule has 2 amide bonds. The molecule has 160 valence electrons. The Morgan fingerprint density at radius 1 is 0.900 bits per heavy atom. The van der Waals surface area contributed by atoms with Gasteiger partial charge in [-0.3, -0.25) is 9.59 Å². The number of rotatable bonds is 7. The fourth-order valence-electron chi connectivity index (χ4n) is 3.84. The zero-order chi connectivity index (χ0) is 21.3. The van der Waals surface area contributed by atoms with Crippen molar-refractivity contribution in [3.8, 4) is 0 Å². The highest BCUT2D eigenvalue weighted by Gasteiger charge is 2.23. The van der Waals surface area contributed by atoms with E-state index >= 15 is 0 Å². The van der Waals surface area contributed by atoms with E-state index in [0.717, 1.165) is 24.3 Å². The summed E-state index contributed by atoms with van der Waals surface area (Å²) >= 11 is 0. The Balaban J connectivity index is 1.69. The third kappa shape index (κ3) is 6.34. The minimum Gasteiger partial charge on any atom is -0.372 e. The molecular weight excluding hydrogens is 374 g/mol. The molecule has 1 saturated heterocycles. The van der Waals surface area contributed by atoms with Crippen LogP contribution in [0, 0.1) is 5.92 Å². The van der Waals surface area contributed by atoms with Crippen LogP contribution >= 0.6 is 0 Å². The van der Waals surface area contributed by atoms with Gasteiger partial charge in [0.2, 0.25) is 5.91 Å². The predicted octanol–water partition coefficient (Wildman–Crippen LogP) is 4.91. The van der Waals surface area contributed by atoms with Crippen LogP contribution in [0.2, 0.25) is 0 Å². The van der Waals surface area contributed by atoms with Crippen molar-refractivity contribution in [2.75, 3.05) is 23.3 Å². The Morgan fingerprint density at radius 3 is 2.13 bits per heavy atom. The van der Waals surface area contributed by atoms with Crippen LogP contribution in [0.4, 0.5) is 11.4 Å². The summed E-state index contributed by atoms with van der Waals surface area (Å²) in [7, 11) is 0. The van der Waals surface area contributed by atoms with E-state index in [1.807, 2.05) is 56.3 Å². The second kappa shape index (κ2) is 10.8. The molecule has 5 nitrogen and oxygen atoms in total. The van der Waals surface area contributed by atoms with Gasteiger partial charge in [-0.1, -0.05) is 57.0 Å². The zero-order valence-corrected chi connectivity index (χ0v) is 18.1. The molecule has 0 spiro atoms. The maximum Gasteiger partial charge on any atom is 0.251 e. The standard InChI is InChI=1S/C25H33N3O2/c1-19(2)18-23(29)27-24(20-10-6-5-7-11-20)25(30)26-21-12-14-22(15-13-21)28-16-8-3-4-9-17-28/h5-7,10-15,19,24H,3-4,8-9,16-18H2,1-2H3,(H,26,30)(H,27,29). The van der Waals surface area contributed by atoms with Crippen LogP contribution in [0.15, 0.2) is 54.6 Å². The summed E-state index contributed by atoms with van der Waals surface area (Å²) in [5.74, 6) is -0.123. The Labute approximate surface area is 179 Å². The lowest BCUT2D eigenvalue weighted by molar-refractivity contribution is -0.127. The number of nitrogens with zero attached hydrogens (tertiary/aromatic N) is 1. The molecule has 30 heavy (non-hydrogen) atoms. The van der Waals surface area contributed by atoms with Gasteiger partial charge in [-0.15, -0.1) is 0 Å². The highest BCUT2D eigenvalue weighted by molar-refractivity contribution is 5.98.